The van der Waals surface area contributed by atoms with E-state index < -0.39 is 18.0 Å². The molecule has 0 aromatic rings. The van der Waals surface area contributed by atoms with Crippen molar-refractivity contribution in [3.05, 3.63) is 0 Å². The fourth-order valence-corrected chi connectivity index (χ4v) is 0.439. The van der Waals surface area contributed by atoms with Crippen molar-refractivity contribution in [1.82, 2.24) is 0 Å². The highest BCUT2D eigenvalue weighted by Crippen LogP contribution is 2.26. The van der Waals surface area contributed by atoms with Crippen molar-refractivity contribution >= 4 is 11.6 Å². The first-order valence-corrected chi connectivity index (χ1v) is 2.58. The maximum atomic E-state index is 11.4. The maximum Gasteiger partial charge on any atom is 0.405 e. The molecule has 0 N–H and O–H groups in total. The summed E-state index contributed by atoms with van der Waals surface area (Å²) in [7, 11) is 0. The Morgan fingerprint density at radius 2 is 2.00 bits per heavy atom. The Balaban J connectivity index is 4.00. The van der Waals surface area contributed by atoms with Gasteiger partial charge in [-0.25, -0.2) is 0 Å². The minimum Gasteiger partial charge on any atom is -0.198 e. The van der Waals surface area contributed by atoms with Gasteiger partial charge < -0.3 is 0 Å². The number of rotatable bonds is 1. The Bertz CT molecular complexity index is 125. The predicted molar refractivity (Wildman–Crippen MR) is 25.9 cm³/mol. The van der Waals surface area contributed by atoms with Crippen LogP contribution in [-0.2, 0) is 0 Å². The third-order valence-corrected chi connectivity index (χ3v) is 1.01. The zero-order chi connectivity index (χ0) is 7.49. The van der Waals surface area contributed by atoms with Crippen LogP contribution in [-0.4, -0.2) is 12.1 Å². The molecule has 52 valence electrons. The van der Waals surface area contributed by atoms with E-state index in [1.807, 2.05) is 0 Å². The first-order valence-electron chi connectivity index (χ1n) is 2.04. The largest absolute Gasteiger partial charge is 0.405 e. The zero-order valence-corrected chi connectivity index (χ0v) is 5.00. The Morgan fingerprint density at radius 3 is 2.00 bits per heavy atom. The highest BCUT2D eigenvalue weighted by molar-refractivity contribution is 6.18. The number of hydrogen-bond acceptors (Lipinski definition) is 1. The van der Waals surface area contributed by atoms with Gasteiger partial charge in [-0.1, -0.05) is 0 Å². The van der Waals surface area contributed by atoms with Crippen molar-refractivity contribution in [2.75, 3.05) is 5.88 Å². The van der Waals surface area contributed by atoms with Gasteiger partial charge in [-0.2, -0.15) is 18.4 Å². The fraction of sp³-hybridized carbons (Fsp3) is 0.750. The van der Waals surface area contributed by atoms with Crippen molar-refractivity contribution < 1.29 is 13.2 Å². The molecule has 0 fully saturated rings. The molecule has 0 amide bonds. The zero-order valence-electron chi connectivity index (χ0n) is 4.24. The van der Waals surface area contributed by atoms with Crippen LogP contribution in [0.3, 0.4) is 0 Å². The minimum absolute atomic E-state index is 0.694. The van der Waals surface area contributed by atoms with Crippen molar-refractivity contribution in [3.63, 3.8) is 0 Å². The summed E-state index contributed by atoms with van der Waals surface area (Å²) in [5, 5.41) is 7.81. The molecule has 1 nitrogen and oxygen atoms in total. The van der Waals surface area contributed by atoms with E-state index in [4.69, 9.17) is 16.9 Å². The van der Waals surface area contributed by atoms with E-state index in [9.17, 15) is 13.2 Å². The average Bonchev–Trinajstić information content (AvgIpc) is 1.65. The van der Waals surface area contributed by atoms with E-state index in [-0.39, 0.29) is 0 Å². The predicted octanol–water partition coefficient (Wildman–Crippen LogP) is 1.93. The lowest BCUT2D eigenvalue weighted by atomic mass is 10.2. The van der Waals surface area contributed by atoms with Crippen molar-refractivity contribution in [2.45, 2.75) is 6.18 Å². The van der Waals surface area contributed by atoms with E-state index in [1.54, 1.807) is 0 Å². The molecule has 0 rings (SSSR count). The minimum atomic E-state index is -4.48. The summed E-state index contributed by atoms with van der Waals surface area (Å²) < 4.78 is 34.2. The molecule has 0 aliphatic carbocycles. The molecule has 0 spiro atoms. The van der Waals surface area contributed by atoms with Gasteiger partial charge >= 0.3 is 6.18 Å². The van der Waals surface area contributed by atoms with Crippen LogP contribution in [0.2, 0.25) is 0 Å². The molecular formula is C4H3ClF3N. The first-order chi connectivity index (χ1) is 4.02. The summed E-state index contributed by atoms with van der Waals surface area (Å²) in [4.78, 5) is 0. The molecule has 0 bridgehead atoms. The van der Waals surface area contributed by atoms with Crippen LogP contribution in [0, 0.1) is 17.2 Å². The molecular weight excluding hydrogens is 154 g/mol. The first kappa shape index (κ1) is 8.57. The van der Waals surface area contributed by atoms with Crippen LogP contribution in [0.4, 0.5) is 13.2 Å². The van der Waals surface area contributed by atoms with Crippen LogP contribution >= 0.6 is 11.6 Å². The van der Waals surface area contributed by atoms with Crippen molar-refractivity contribution in [2.24, 2.45) is 5.92 Å². The second kappa shape index (κ2) is 2.92. The Kier molecular flexibility index (Phi) is 2.78. The van der Waals surface area contributed by atoms with Crippen LogP contribution in [0.1, 0.15) is 0 Å². The smallest absolute Gasteiger partial charge is 0.198 e. The highest BCUT2D eigenvalue weighted by Gasteiger charge is 2.38. The molecule has 0 aliphatic heterocycles. The molecule has 0 aliphatic rings. The fourth-order valence-electron chi connectivity index (χ4n) is 0.195. The van der Waals surface area contributed by atoms with Crippen LogP contribution in [0.25, 0.3) is 0 Å². The standard InChI is InChI=1S/C4H3ClF3N/c5-1-3(2-9)4(6,7)8/h3H,1H2. The van der Waals surface area contributed by atoms with Crippen LogP contribution < -0.4 is 0 Å². The van der Waals surface area contributed by atoms with Gasteiger partial charge in [0.1, 0.15) is 0 Å². The Morgan fingerprint density at radius 1 is 1.56 bits per heavy atom. The number of nitriles is 1. The average molecular weight is 158 g/mol. The molecule has 9 heavy (non-hydrogen) atoms. The van der Waals surface area contributed by atoms with Gasteiger partial charge in [-0.05, 0) is 0 Å². The molecule has 0 saturated carbocycles. The van der Waals surface area contributed by atoms with Gasteiger partial charge in [0, 0.05) is 5.88 Å². The summed E-state index contributed by atoms with van der Waals surface area (Å²) in [6.07, 6.45) is -4.48. The summed E-state index contributed by atoms with van der Waals surface area (Å²) in [5.74, 6) is -2.72. The van der Waals surface area contributed by atoms with Gasteiger partial charge in [0.05, 0.1) is 6.07 Å². The number of alkyl halides is 4. The summed E-state index contributed by atoms with van der Waals surface area (Å²) in [6, 6.07) is 1.03. The van der Waals surface area contributed by atoms with E-state index in [0.717, 1.165) is 6.07 Å². The third kappa shape index (κ3) is 2.56. The van der Waals surface area contributed by atoms with E-state index in [2.05, 4.69) is 0 Å². The second-order valence-corrected chi connectivity index (χ2v) is 1.69. The highest BCUT2D eigenvalue weighted by atomic mass is 35.5. The SMILES string of the molecule is N#CC(CCl)C(F)(F)F. The number of hydrogen-bond donors (Lipinski definition) is 0. The Hall–Kier alpha value is -0.430. The lowest BCUT2D eigenvalue weighted by molar-refractivity contribution is -0.153. The molecule has 1 atom stereocenters. The van der Waals surface area contributed by atoms with E-state index in [1.165, 1.54) is 0 Å². The summed E-state index contributed by atoms with van der Waals surface area (Å²) in [6.45, 7) is 0. The molecule has 0 heterocycles. The van der Waals surface area contributed by atoms with Gasteiger partial charge in [0.25, 0.3) is 0 Å². The molecule has 0 radical (unpaired) electrons. The molecule has 0 saturated heterocycles. The lowest BCUT2D eigenvalue weighted by Gasteiger charge is -2.07. The van der Waals surface area contributed by atoms with E-state index >= 15 is 0 Å². The van der Waals surface area contributed by atoms with Gasteiger partial charge in [-0.15, -0.1) is 11.6 Å². The molecule has 5 heteroatoms. The second-order valence-electron chi connectivity index (χ2n) is 1.38. The van der Waals surface area contributed by atoms with Gasteiger partial charge in [0.15, 0.2) is 5.92 Å². The van der Waals surface area contributed by atoms with Crippen molar-refractivity contribution in [3.8, 4) is 6.07 Å². The lowest BCUT2D eigenvalue weighted by Crippen LogP contribution is -2.22. The third-order valence-electron chi connectivity index (χ3n) is 0.705. The maximum absolute atomic E-state index is 11.4. The molecule has 1 unspecified atom stereocenters. The van der Waals surface area contributed by atoms with Gasteiger partial charge in [-0.3, -0.25) is 0 Å². The Labute approximate surface area is 55.0 Å². The van der Waals surface area contributed by atoms with Crippen LogP contribution in [0.15, 0.2) is 0 Å². The van der Waals surface area contributed by atoms with E-state index in [0.29, 0.717) is 0 Å². The molecule has 0 aromatic heterocycles. The normalized spacial score (nSPS) is 14.6. The number of nitrogens with zero attached hydrogens (tertiary/aromatic N) is 1. The topological polar surface area (TPSA) is 23.8 Å². The quantitative estimate of drug-likeness (QED) is 0.534. The van der Waals surface area contributed by atoms with Crippen molar-refractivity contribution in [1.29, 1.82) is 5.26 Å². The number of halogens is 4. The van der Waals surface area contributed by atoms with Crippen LogP contribution in [0.5, 0.6) is 0 Å². The molecule has 0 aromatic carbocycles. The van der Waals surface area contributed by atoms with Gasteiger partial charge in [0.2, 0.25) is 0 Å². The monoisotopic (exact) mass is 157 g/mol. The summed E-state index contributed by atoms with van der Waals surface area (Å²) in [5.41, 5.74) is 0. The summed E-state index contributed by atoms with van der Waals surface area (Å²) >= 11 is 4.81.